The average molecular weight is 318 g/mol. The smallest absolute Gasteiger partial charge is 0.127 e. The van der Waals surface area contributed by atoms with E-state index < -0.39 is 0 Å². The van der Waals surface area contributed by atoms with E-state index in [9.17, 15) is 0 Å². The van der Waals surface area contributed by atoms with Gasteiger partial charge < -0.3 is 14.8 Å². The molecule has 4 heteroatoms. The fourth-order valence-electron chi connectivity index (χ4n) is 4.22. The van der Waals surface area contributed by atoms with Gasteiger partial charge in [0.15, 0.2) is 0 Å². The summed E-state index contributed by atoms with van der Waals surface area (Å²) in [5.41, 5.74) is 1.34. The Morgan fingerprint density at radius 1 is 1.04 bits per heavy atom. The molecule has 1 heterocycles. The minimum Gasteiger partial charge on any atom is -0.497 e. The summed E-state index contributed by atoms with van der Waals surface area (Å²) in [6.07, 6.45) is 6.80. The van der Waals surface area contributed by atoms with Crippen LogP contribution in [0.15, 0.2) is 18.2 Å². The van der Waals surface area contributed by atoms with E-state index in [1.54, 1.807) is 14.2 Å². The molecule has 23 heavy (non-hydrogen) atoms. The van der Waals surface area contributed by atoms with Gasteiger partial charge >= 0.3 is 0 Å². The zero-order valence-electron chi connectivity index (χ0n) is 14.5. The summed E-state index contributed by atoms with van der Waals surface area (Å²) in [6, 6.07) is 6.81. The van der Waals surface area contributed by atoms with Crippen LogP contribution in [-0.2, 0) is 0 Å². The van der Waals surface area contributed by atoms with E-state index in [1.807, 2.05) is 6.07 Å². The van der Waals surface area contributed by atoms with Crippen molar-refractivity contribution in [3.63, 3.8) is 0 Å². The minimum atomic E-state index is 0.471. The molecular weight excluding hydrogens is 288 g/mol. The van der Waals surface area contributed by atoms with Crippen molar-refractivity contribution >= 4 is 0 Å². The standard InChI is InChI=1S/C19H30N2O2/c1-22-16-8-9-17(18(14-16)23-2)19(15-6-4-3-5-7-15)21-12-10-20-11-13-21/h8-9,14-15,19-20H,3-7,10-13H2,1-2H3/t19-/m1/s1. The van der Waals surface area contributed by atoms with Crippen LogP contribution in [0, 0.1) is 5.92 Å². The Kier molecular flexibility index (Phi) is 5.79. The van der Waals surface area contributed by atoms with Gasteiger partial charge in [-0.3, -0.25) is 4.90 Å². The first-order valence-electron chi connectivity index (χ1n) is 9.00. The highest BCUT2D eigenvalue weighted by Crippen LogP contribution is 2.42. The predicted octanol–water partition coefficient (Wildman–Crippen LogP) is 3.23. The van der Waals surface area contributed by atoms with Crippen molar-refractivity contribution in [1.82, 2.24) is 10.2 Å². The Morgan fingerprint density at radius 3 is 2.43 bits per heavy atom. The molecule has 1 N–H and O–H groups in total. The van der Waals surface area contributed by atoms with Crippen LogP contribution >= 0.6 is 0 Å². The Morgan fingerprint density at radius 2 is 1.78 bits per heavy atom. The summed E-state index contributed by atoms with van der Waals surface area (Å²) in [4.78, 5) is 2.66. The molecule has 1 aromatic rings. The molecule has 4 nitrogen and oxygen atoms in total. The lowest BCUT2D eigenvalue weighted by molar-refractivity contribution is 0.101. The number of ether oxygens (including phenoxy) is 2. The van der Waals surface area contributed by atoms with Crippen molar-refractivity contribution in [1.29, 1.82) is 0 Å². The van der Waals surface area contributed by atoms with E-state index in [4.69, 9.17) is 9.47 Å². The number of hydrogen-bond donors (Lipinski definition) is 1. The van der Waals surface area contributed by atoms with Crippen LogP contribution in [0.2, 0.25) is 0 Å². The third-order valence-corrected chi connectivity index (χ3v) is 5.40. The van der Waals surface area contributed by atoms with E-state index >= 15 is 0 Å². The van der Waals surface area contributed by atoms with E-state index in [-0.39, 0.29) is 0 Å². The van der Waals surface area contributed by atoms with Crippen LogP contribution in [0.1, 0.15) is 43.7 Å². The van der Waals surface area contributed by atoms with Gasteiger partial charge in [-0.15, -0.1) is 0 Å². The van der Waals surface area contributed by atoms with Crippen LogP contribution in [0.25, 0.3) is 0 Å². The molecule has 1 aliphatic carbocycles. The van der Waals surface area contributed by atoms with E-state index in [0.717, 1.165) is 43.6 Å². The molecule has 0 aromatic heterocycles. The van der Waals surface area contributed by atoms with Crippen LogP contribution in [0.3, 0.4) is 0 Å². The molecule has 1 aliphatic heterocycles. The molecule has 1 aromatic carbocycles. The van der Waals surface area contributed by atoms with Crippen molar-refractivity contribution in [3.05, 3.63) is 23.8 Å². The molecule has 0 radical (unpaired) electrons. The van der Waals surface area contributed by atoms with Crippen molar-refractivity contribution in [2.75, 3.05) is 40.4 Å². The van der Waals surface area contributed by atoms with Crippen LogP contribution < -0.4 is 14.8 Å². The van der Waals surface area contributed by atoms with Gasteiger partial charge in [0.05, 0.1) is 14.2 Å². The summed E-state index contributed by atoms with van der Waals surface area (Å²) in [7, 11) is 3.48. The first-order chi connectivity index (χ1) is 11.3. The van der Waals surface area contributed by atoms with Gasteiger partial charge in [-0.1, -0.05) is 25.3 Å². The lowest BCUT2D eigenvalue weighted by Crippen LogP contribution is -2.47. The molecule has 128 valence electrons. The van der Waals surface area contributed by atoms with Gasteiger partial charge in [0.25, 0.3) is 0 Å². The summed E-state index contributed by atoms with van der Waals surface area (Å²) in [6.45, 7) is 4.41. The molecule has 0 unspecified atom stereocenters. The van der Waals surface area contributed by atoms with Crippen molar-refractivity contribution < 1.29 is 9.47 Å². The summed E-state index contributed by atoms with van der Waals surface area (Å²) in [5.74, 6) is 2.58. The van der Waals surface area contributed by atoms with Gasteiger partial charge in [-0.25, -0.2) is 0 Å². The van der Waals surface area contributed by atoms with Crippen molar-refractivity contribution in [3.8, 4) is 11.5 Å². The zero-order valence-corrected chi connectivity index (χ0v) is 14.5. The molecule has 2 fully saturated rings. The Balaban J connectivity index is 1.92. The molecular formula is C19H30N2O2. The third kappa shape index (κ3) is 3.81. The second-order valence-corrected chi connectivity index (χ2v) is 6.74. The lowest BCUT2D eigenvalue weighted by atomic mass is 9.80. The Labute approximate surface area is 140 Å². The Bertz CT molecular complexity index is 476. The summed E-state index contributed by atoms with van der Waals surface area (Å²) in [5, 5.41) is 3.48. The van der Waals surface area contributed by atoms with Crippen LogP contribution in [-0.4, -0.2) is 45.3 Å². The number of methoxy groups -OCH3 is 2. The zero-order chi connectivity index (χ0) is 16.1. The molecule has 0 spiro atoms. The molecule has 1 saturated heterocycles. The molecule has 0 amide bonds. The Hall–Kier alpha value is -1.26. The molecule has 1 atom stereocenters. The van der Waals surface area contributed by atoms with Gasteiger partial charge in [0.2, 0.25) is 0 Å². The minimum absolute atomic E-state index is 0.471. The highest BCUT2D eigenvalue weighted by Gasteiger charge is 2.32. The first-order valence-corrected chi connectivity index (χ1v) is 9.00. The van der Waals surface area contributed by atoms with E-state index in [0.29, 0.717) is 6.04 Å². The number of piperazine rings is 1. The molecule has 3 rings (SSSR count). The summed E-state index contributed by atoms with van der Waals surface area (Å²) >= 11 is 0. The highest BCUT2D eigenvalue weighted by atomic mass is 16.5. The normalized spacial score (nSPS) is 21.8. The number of nitrogens with zero attached hydrogens (tertiary/aromatic N) is 1. The monoisotopic (exact) mass is 318 g/mol. The number of rotatable bonds is 5. The topological polar surface area (TPSA) is 33.7 Å². The van der Waals surface area contributed by atoms with Crippen molar-refractivity contribution in [2.24, 2.45) is 5.92 Å². The molecule has 0 bridgehead atoms. The van der Waals surface area contributed by atoms with Crippen molar-refractivity contribution in [2.45, 2.75) is 38.1 Å². The highest BCUT2D eigenvalue weighted by molar-refractivity contribution is 5.43. The number of hydrogen-bond acceptors (Lipinski definition) is 4. The molecule has 1 saturated carbocycles. The van der Waals surface area contributed by atoms with Gasteiger partial charge in [-0.05, 0) is 24.8 Å². The summed E-state index contributed by atoms with van der Waals surface area (Å²) < 4.78 is 11.1. The fraction of sp³-hybridized carbons (Fsp3) is 0.684. The maximum atomic E-state index is 5.73. The van der Waals surface area contributed by atoms with Gasteiger partial charge in [-0.2, -0.15) is 0 Å². The SMILES string of the molecule is COc1ccc([C@@H](C2CCCCC2)N2CCNCC2)c(OC)c1. The number of nitrogens with one attached hydrogen (secondary N) is 1. The molecule has 2 aliphatic rings. The number of benzene rings is 1. The predicted molar refractivity (Wildman–Crippen MR) is 93.3 cm³/mol. The van der Waals surface area contributed by atoms with Crippen LogP contribution in [0.5, 0.6) is 11.5 Å². The third-order valence-electron chi connectivity index (χ3n) is 5.40. The lowest BCUT2D eigenvalue weighted by Gasteiger charge is -2.41. The second kappa shape index (κ2) is 8.02. The fourth-order valence-corrected chi connectivity index (χ4v) is 4.22. The van der Waals surface area contributed by atoms with Gasteiger partial charge in [0, 0.05) is 43.9 Å². The van der Waals surface area contributed by atoms with E-state index in [2.05, 4.69) is 22.3 Å². The van der Waals surface area contributed by atoms with Gasteiger partial charge in [0.1, 0.15) is 11.5 Å². The maximum absolute atomic E-state index is 5.73. The average Bonchev–Trinajstić information content (AvgIpc) is 2.64. The first kappa shape index (κ1) is 16.6. The maximum Gasteiger partial charge on any atom is 0.127 e. The van der Waals surface area contributed by atoms with Crippen LogP contribution in [0.4, 0.5) is 0 Å². The quantitative estimate of drug-likeness (QED) is 0.904. The largest absolute Gasteiger partial charge is 0.497 e. The second-order valence-electron chi connectivity index (χ2n) is 6.74. The van der Waals surface area contributed by atoms with E-state index in [1.165, 1.54) is 37.7 Å².